The van der Waals surface area contributed by atoms with Gasteiger partial charge >= 0.3 is 0 Å². The Labute approximate surface area is 113 Å². The van der Waals surface area contributed by atoms with Gasteiger partial charge in [0.1, 0.15) is 16.6 Å². The lowest BCUT2D eigenvalue weighted by Gasteiger charge is -1.96. The number of hydrogen-bond donors (Lipinski definition) is 0. The van der Waals surface area contributed by atoms with E-state index in [1.54, 1.807) is 18.3 Å². The van der Waals surface area contributed by atoms with Crippen molar-refractivity contribution in [2.75, 3.05) is 0 Å². The van der Waals surface area contributed by atoms with Crippen molar-refractivity contribution in [1.29, 1.82) is 5.26 Å². The summed E-state index contributed by atoms with van der Waals surface area (Å²) in [4.78, 5) is 9.96. The summed E-state index contributed by atoms with van der Waals surface area (Å²) in [5, 5.41) is 12.7. The van der Waals surface area contributed by atoms with Gasteiger partial charge in [-0.05, 0) is 30.7 Å². The van der Waals surface area contributed by atoms with E-state index in [1.807, 2.05) is 19.1 Å². The van der Waals surface area contributed by atoms with E-state index in [0.717, 1.165) is 10.4 Å². The molecular weight excluding hydrogens is 260 g/mol. The van der Waals surface area contributed by atoms with E-state index < -0.39 is 0 Å². The fraction of sp³-hybridized carbons (Fsp3) is 0.0769. The molecule has 0 aromatic carbocycles. The number of pyridine rings is 1. The van der Waals surface area contributed by atoms with Gasteiger partial charge in [-0.25, -0.2) is 0 Å². The molecule has 3 rings (SSSR count). The molecule has 0 fully saturated rings. The summed E-state index contributed by atoms with van der Waals surface area (Å²) >= 11 is 1.32. The van der Waals surface area contributed by atoms with Crippen LogP contribution in [0.1, 0.15) is 10.4 Å². The quantitative estimate of drug-likeness (QED) is 0.714. The summed E-state index contributed by atoms with van der Waals surface area (Å²) < 4.78 is 5.22. The SMILES string of the molecule is Cc1cccnc1-c1noc(-c2ccc(C#N)s2)n1. The number of rotatable bonds is 2. The standard InChI is InChI=1S/C13H8N4OS/c1-8-3-2-6-15-11(8)12-16-13(18-17-12)10-5-4-9(7-14)19-10/h2-6H,1H3. The van der Waals surface area contributed by atoms with Crippen molar-refractivity contribution in [2.45, 2.75) is 6.92 Å². The third-order valence-corrected chi connectivity index (χ3v) is 3.55. The molecule has 0 bridgehead atoms. The van der Waals surface area contributed by atoms with E-state index in [9.17, 15) is 0 Å². The van der Waals surface area contributed by atoms with E-state index in [4.69, 9.17) is 9.78 Å². The molecule has 0 saturated carbocycles. The Kier molecular flexibility index (Phi) is 2.82. The Balaban J connectivity index is 2.00. The van der Waals surface area contributed by atoms with Gasteiger partial charge in [0.2, 0.25) is 5.82 Å². The highest BCUT2D eigenvalue weighted by Gasteiger charge is 2.14. The minimum atomic E-state index is 0.409. The number of aryl methyl sites for hydroxylation is 1. The molecule has 0 radical (unpaired) electrons. The van der Waals surface area contributed by atoms with E-state index in [-0.39, 0.29) is 0 Å². The zero-order chi connectivity index (χ0) is 13.2. The maximum atomic E-state index is 8.80. The second-order valence-corrected chi connectivity index (χ2v) is 4.95. The van der Waals surface area contributed by atoms with Crippen molar-refractivity contribution < 1.29 is 4.52 Å². The van der Waals surface area contributed by atoms with Gasteiger partial charge in [-0.3, -0.25) is 4.98 Å². The lowest BCUT2D eigenvalue weighted by molar-refractivity contribution is 0.433. The smallest absolute Gasteiger partial charge is 0.268 e. The molecule has 6 heteroatoms. The van der Waals surface area contributed by atoms with Crippen molar-refractivity contribution in [3.8, 4) is 28.4 Å². The lowest BCUT2D eigenvalue weighted by Crippen LogP contribution is -1.88. The molecule has 0 aliphatic rings. The molecule has 3 heterocycles. The molecule has 19 heavy (non-hydrogen) atoms. The van der Waals surface area contributed by atoms with Crippen molar-refractivity contribution in [3.63, 3.8) is 0 Å². The van der Waals surface area contributed by atoms with Crippen LogP contribution in [0.5, 0.6) is 0 Å². The fourth-order valence-electron chi connectivity index (χ4n) is 1.65. The van der Waals surface area contributed by atoms with E-state index in [1.165, 1.54) is 11.3 Å². The molecule has 3 aromatic rings. The molecule has 0 unspecified atom stereocenters. The Morgan fingerprint density at radius 1 is 1.32 bits per heavy atom. The Bertz CT molecular complexity index is 769. The van der Waals surface area contributed by atoms with Crippen LogP contribution in [0.2, 0.25) is 0 Å². The Morgan fingerprint density at radius 3 is 2.95 bits per heavy atom. The van der Waals surface area contributed by atoms with Crippen molar-refractivity contribution >= 4 is 11.3 Å². The maximum Gasteiger partial charge on any atom is 0.268 e. The topological polar surface area (TPSA) is 75.6 Å². The largest absolute Gasteiger partial charge is 0.333 e. The zero-order valence-electron chi connectivity index (χ0n) is 9.99. The number of nitrogens with zero attached hydrogens (tertiary/aromatic N) is 4. The second-order valence-electron chi connectivity index (χ2n) is 3.87. The van der Waals surface area contributed by atoms with Crippen molar-refractivity contribution in [3.05, 3.63) is 40.9 Å². The van der Waals surface area contributed by atoms with Gasteiger partial charge in [-0.1, -0.05) is 11.2 Å². The van der Waals surface area contributed by atoms with Gasteiger partial charge < -0.3 is 4.52 Å². The Morgan fingerprint density at radius 2 is 2.21 bits per heavy atom. The average molecular weight is 268 g/mol. The average Bonchev–Trinajstić information content (AvgIpc) is 3.08. The number of hydrogen-bond acceptors (Lipinski definition) is 6. The van der Waals surface area contributed by atoms with E-state index >= 15 is 0 Å². The highest BCUT2D eigenvalue weighted by molar-refractivity contribution is 7.15. The van der Waals surface area contributed by atoms with Crippen molar-refractivity contribution in [2.24, 2.45) is 0 Å². The molecule has 0 aliphatic carbocycles. The molecule has 0 amide bonds. The first-order valence-electron chi connectivity index (χ1n) is 5.54. The molecule has 0 aliphatic heterocycles. The fourth-order valence-corrected chi connectivity index (χ4v) is 2.38. The van der Waals surface area contributed by atoms with Crippen LogP contribution in [-0.2, 0) is 0 Å². The summed E-state index contributed by atoms with van der Waals surface area (Å²) in [6.07, 6.45) is 1.69. The zero-order valence-corrected chi connectivity index (χ0v) is 10.8. The molecule has 0 saturated heterocycles. The third kappa shape index (κ3) is 2.11. The summed E-state index contributed by atoms with van der Waals surface area (Å²) in [7, 11) is 0. The highest BCUT2D eigenvalue weighted by Crippen LogP contribution is 2.28. The van der Waals surface area contributed by atoms with Gasteiger partial charge in [0.25, 0.3) is 5.89 Å². The summed E-state index contributed by atoms with van der Waals surface area (Å²) in [5.41, 5.74) is 1.69. The predicted octanol–water partition coefficient (Wildman–Crippen LogP) is 3.04. The predicted molar refractivity (Wildman–Crippen MR) is 70.3 cm³/mol. The van der Waals surface area contributed by atoms with Crippen LogP contribution < -0.4 is 0 Å². The molecule has 0 spiro atoms. The van der Waals surface area contributed by atoms with Crippen LogP contribution in [0.25, 0.3) is 22.3 Å². The van der Waals surface area contributed by atoms with Crippen molar-refractivity contribution in [1.82, 2.24) is 15.1 Å². The van der Waals surface area contributed by atoms with E-state index in [2.05, 4.69) is 21.2 Å². The first kappa shape index (κ1) is 11.6. The molecule has 92 valence electrons. The van der Waals surface area contributed by atoms with Crippen LogP contribution in [0.15, 0.2) is 35.0 Å². The number of aromatic nitrogens is 3. The van der Waals surface area contributed by atoms with Crippen LogP contribution >= 0.6 is 11.3 Å². The third-order valence-electron chi connectivity index (χ3n) is 2.57. The van der Waals surface area contributed by atoms with Crippen LogP contribution in [0.4, 0.5) is 0 Å². The van der Waals surface area contributed by atoms with E-state index in [0.29, 0.717) is 22.3 Å². The first-order valence-corrected chi connectivity index (χ1v) is 6.35. The van der Waals surface area contributed by atoms with Crippen LogP contribution in [0, 0.1) is 18.3 Å². The van der Waals surface area contributed by atoms with Gasteiger partial charge in [0.15, 0.2) is 0 Å². The first-order chi connectivity index (χ1) is 9.28. The minimum absolute atomic E-state index is 0.409. The number of nitriles is 1. The monoisotopic (exact) mass is 268 g/mol. The molecule has 3 aromatic heterocycles. The molecule has 0 atom stereocenters. The summed E-state index contributed by atoms with van der Waals surface area (Å²) in [6, 6.07) is 9.41. The van der Waals surface area contributed by atoms with Gasteiger partial charge in [0.05, 0.1) is 4.88 Å². The maximum absolute atomic E-state index is 8.80. The van der Waals surface area contributed by atoms with Gasteiger partial charge in [-0.15, -0.1) is 11.3 Å². The van der Waals surface area contributed by atoms with Crippen LogP contribution in [0.3, 0.4) is 0 Å². The Hall–Kier alpha value is -2.52. The van der Waals surface area contributed by atoms with Gasteiger partial charge in [0, 0.05) is 6.20 Å². The second kappa shape index (κ2) is 4.63. The highest BCUT2D eigenvalue weighted by atomic mass is 32.1. The summed E-state index contributed by atoms with van der Waals surface area (Å²) in [5.74, 6) is 0.867. The lowest BCUT2D eigenvalue weighted by atomic mass is 10.2. The molecule has 0 N–H and O–H groups in total. The summed E-state index contributed by atoms with van der Waals surface area (Å²) in [6.45, 7) is 1.94. The number of thiophene rings is 1. The minimum Gasteiger partial charge on any atom is -0.333 e. The van der Waals surface area contributed by atoms with Crippen LogP contribution in [-0.4, -0.2) is 15.1 Å². The normalized spacial score (nSPS) is 10.3. The molecular formula is C13H8N4OS. The molecule has 5 nitrogen and oxygen atoms in total. The van der Waals surface area contributed by atoms with Gasteiger partial charge in [-0.2, -0.15) is 10.2 Å².